The summed E-state index contributed by atoms with van der Waals surface area (Å²) in [4.78, 5) is 0. The quantitative estimate of drug-likeness (QED) is 0.150. The summed E-state index contributed by atoms with van der Waals surface area (Å²) in [5.74, 6) is 11.0. The molecule has 0 spiro atoms. The first-order chi connectivity index (χ1) is 19.7. The van der Waals surface area contributed by atoms with E-state index >= 15 is 0 Å². The molecule has 3 rings (SSSR count). The van der Waals surface area contributed by atoms with Crippen molar-refractivity contribution in [2.45, 2.75) is 64.7 Å². The van der Waals surface area contributed by atoms with Gasteiger partial charge in [-0.05, 0) is 111 Å². The molecule has 0 aliphatic rings. The van der Waals surface area contributed by atoms with E-state index in [0.29, 0.717) is 13.2 Å². The fourth-order valence-electron chi connectivity index (χ4n) is 4.47. The zero-order valence-electron chi connectivity index (χ0n) is 23.8. The highest BCUT2D eigenvalue weighted by molar-refractivity contribution is 5.76. The molecule has 3 aromatic rings. The molecular weight excluding hydrogens is 496 g/mol. The maximum Gasteiger partial charge on any atom is 0.127 e. The van der Waals surface area contributed by atoms with Gasteiger partial charge in [0.1, 0.15) is 11.5 Å². The van der Waals surface area contributed by atoms with Gasteiger partial charge in [-0.3, -0.25) is 0 Å². The van der Waals surface area contributed by atoms with Crippen molar-refractivity contribution < 1.29 is 19.7 Å². The predicted molar refractivity (Wildman–Crippen MR) is 164 cm³/mol. The van der Waals surface area contributed by atoms with Gasteiger partial charge in [-0.25, -0.2) is 0 Å². The predicted octanol–water partition coefficient (Wildman–Crippen LogP) is 7.16. The van der Waals surface area contributed by atoms with Crippen molar-refractivity contribution in [2.24, 2.45) is 0 Å². The Hall–Kier alpha value is -3.70. The fourth-order valence-corrected chi connectivity index (χ4v) is 4.47. The van der Waals surface area contributed by atoms with E-state index in [-0.39, 0.29) is 13.2 Å². The number of ether oxygens (including phenoxy) is 2. The average molecular weight is 539 g/mol. The van der Waals surface area contributed by atoms with Crippen LogP contribution in [-0.2, 0) is 6.42 Å². The van der Waals surface area contributed by atoms with Crippen molar-refractivity contribution in [3.05, 3.63) is 82.9 Å². The van der Waals surface area contributed by atoms with Crippen LogP contribution >= 0.6 is 0 Å². The molecule has 0 aromatic heterocycles. The van der Waals surface area contributed by atoms with Gasteiger partial charge in [-0.2, -0.15) is 0 Å². The molecule has 0 unspecified atom stereocenters. The number of aliphatic hydroxyl groups is 2. The Bertz CT molecular complexity index is 1270. The van der Waals surface area contributed by atoms with Crippen LogP contribution in [0.15, 0.2) is 60.7 Å². The standard InChI is InChI=1S/C36H42O4/c1-3-29-18-22-36(40-26-12-8-6-10-24-38)35(28-29)34-21-17-31(27-32(34)4-2)14-13-30-15-19-33(20-16-30)39-25-11-7-5-9-23-37/h1,15-22,27-28,37-38H,4-12,23-26H2,2H3. The number of aryl methyl sites for hydroxylation is 1. The number of terminal acetylenes is 1. The van der Waals surface area contributed by atoms with Gasteiger partial charge in [0.25, 0.3) is 0 Å². The van der Waals surface area contributed by atoms with Gasteiger partial charge in [0.15, 0.2) is 0 Å². The second kappa shape index (κ2) is 17.8. The molecule has 0 atom stereocenters. The summed E-state index contributed by atoms with van der Waals surface area (Å²) in [6, 6.07) is 20.1. The highest BCUT2D eigenvalue weighted by Crippen LogP contribution is 2.34. The van der Waals surface area contributed by atoms with Crippen molar-refractivity contribution in [3.63, 3.8) is 0 Å². The molecule has 3 aromatic carbocycles. The second-order valence-electron chi connectivity index (χ2n) is 9.83. The normalized spacial score (nSPS) is 10.4. The number of aliphatic hydroxyl groups excluding tert-OH is 2. The number of hydrogen-bond donors (Lipinski definition) is 2. The third-order valence-corrected chi connectivity index (χ3v) is 6.76. The first-order valence-electron chi connectivity index (χ1n) is 14.5. The zero-order valence-corrected chi connectivity index (χ0v) is 23.8. The lowest BCUT2D eigenvalue weighted by Gasteiger charge is -2.15. The van der Waals surface area contributed by atoms with Crippen molar-refractivity contribution in [1.29, 1.82) is 0 Å². The highest BCUT2D eigenvalue weighted by atomic mass is 16.5. The summed E-state index contributed by atoms with van der Waals surface area (Å²) in [6.45, 7) is 3.97. The maximum absolute atomic E-state index is 8.97. The summed E-state index contributed by atoms with van der Waals surface area (Å²) in [7, 11) is 0. The fraction of sp³-hybridized carbons (Fsp3) is 0.389. The Kier molecular flexibility index (Phi) is 13.7. The minimum atomic E-state index is 0.244. The largest absolute Gasteiger partial charge is 0.494 e. The van der Waals surface area contributed by atoms with Crippen LogP contribution in [0.25, 0.3) is 11.1 Å². The molecule has 0 bridgehead atoms. The first kappa shape index (κ1) is 30.8. The Morgan fingerprint density at radius 1 is 0.625 bits per heavy atom. The Balaban J connectivity index is 1.68. The molecule has 0 saturated heterocycles. The second-order valence-corrected chi connectivity index (χ2v) is 9.83. The third kappa shape index (κ3) is 10.1. The SMILES string of the molecule is C#Cc1ccc(OCCCCCCO)c(-c2ccc(C#Cc3ccc(OCCCCCCO)cc3)cc2CC)c1. The van der Waals surface area contributed by atoms with E-state index in [1.165, 1.54) is 5.56 Å². The lowest BCUT2D eigenvalue weighted by atomic mass is 9.94. The van der Waals surface area contributed by atoms with E-state index in [2.05, 4.69) is 42.9 Å². The van der Waals surface area contributed by atoms with Gasteiger partial charge >= 0.3 is 0 Å². The van der Waals surface area contributed by atoms with Gasteiger partial charge in [0.2, 0.25) is 0 Å². The van der Waals surface area contributed by atoms with Crippen LogP contribution in [0.2, 0.25) is 0 Å². The summed E-state index contributed by atoms with van der Waals surface area (Å²) in [6.07, 6.45) is 14.4. The zero-order chi connectivity index (χ0) is 28.4. The number of unbranched alkanes of at least 4 members (excludes halogenated alkanes) is 6. The summed E-state index contributed by atoms with van der Waals surface area (Å²) < 4.78 is 12.0. The van der Waals surface area contributed by atoms with E-state index in [4.69, 9.17) is 26.1 Å². The van der Waals surface area contributed by atoms with E-state index in [9.17, 15) is 0 Å². The molecule has 0 aliphatic heterocycles. The van der Waals surface area contributed by atoms with Gasteiger partial charge < -0.3 is 19.7 Å². The molecule has 0 saturated carbocycles. The highest BCUT2D eigenvalue weighted by Gasteiger charge is 2.12. The number of benzene rings is 3. The maximum atomic E-state index is 8.97. The smallest absolute Gasteiger partial charge is 0.127 e. The molecular formula is C36H42O4. The topological polar surface area (TPSA) is 58.9 Å². The van der Waals surface area contributed by atoms with Crippen LogP contribution in [0, 0.1) is 24.2 Å². The molecule has 0 amide bonds. The average Bonchev–Trinajstić information content (AvgIpc) is 3.00. The van der Waals surface area contributed by atoms with Crippen molar-refractivity contribution in [2.75, 3.05) is 26.4 Å². The van der Waals surface area contributed by atoms with E-state index in [0.717, 1.165) is 97.1 Å². The van der Waals surface area contributed by atoms with Crippen molar-refractivity contribution in [3.8, 4) is 46.8 Å². The molecule has 210 valence electrons. The Morgan fingerprint density at radius 2 is 1.23 bits per heavy atom. The van der Waals surface area contributed by atoms with E-state index in [1.54, 1.807) is 0 Å². The molecule has 4 nitrogen and oxygen atoms in total. The molecule has 2 N–H and O–H groups in total. The third-order valence-electron chi connectivity index (χ3n) is 6.76. The van der Waals surface area contributed by atoms with Crippen LogP contribution in [0.5, 0.6) is 11.5 Å². The lowest BCUT2D eigenvalue weighted by molar-refractivity contribution is 0.273. The summed E-state index contributed by atoms with van der Waals surface area (Å²) >= 11 is 0. The van der Waals surface area contributed by atoms with Crippen LogP contribution in [0.1, 0.15) is 80.5 Å². The molecule has 40 heavy (non-hydrogen) atoms. The van der Waals surface area contributed by atoms with Crippen LogP contribution in [-0.4, -0.2) is 36.6 Å². The van der Waals surface area contributed by atoms with Gasteiger partial charge in [-0.15, -0.1) is 6.42 Å². The first-order valence-corrected chi connectivity index (χ1v) is 14.5. The Labute approximate surface area is 240 Å². The van der Waals surface area contributed by atoms with Gasteiger partial charge in [0.05, 0.1) is 13.2 Å². The molecule has 0 fully saturated rings. The van der Waals surface area contributed by atoms with Crippen LogP contribution in [0.4, 0.5) is 0 Å². The van der Waals surface area contributed by atoms with Crippen molar-refractivity contribution >= 4 is 0 Å². The molecule has 4 heteroatoms. The molecule has 0 heterocycles. The van der Waals surface area contributed by atoms with Crippen molar-refractivity contribution in [1.82, 2.24) is 0 Å². The lowest BCUT2D eigenvalue weighted by Crippen LogP contribution is -2.00. The minimum Gasteiger partial charge on any atom is -0.494 e. The number of hydrogen-bond acceptors (Lipinski definition) is 4. The Morgan fingerprint density at radius 3 is 1.88 bits per heavy atom. The minimum absolute atomic E-state index is 0.244. The van der Waals surface area contributed by atoms with E-state index in [1.807, 2.05) is 42.5 Å². The van der Waals surface area contributed by atoms with Crippen LogP contribution < -0.4 is 9.47 Å². The molecule has 0 radical (unpaired) electrons. The monoisotopic (exact) mass is 538 g/mol. The van der Waals surface area contributed by atoms with E-state index < -0.39 is 0 Å². The summed E-state index contributed by atoms with van der Waals surface area (Å²) in [5, 5.41) is 17.8. The number of rotatable bonds is 16. The molecule has 0 aliphatic carbocycles. The van der Waals surface area contributed by atoms with Gasteiger partial charge in [0, 0.05) is 35.5 Å². The summed E-state index contributed by atoms with van der Waals surface area (Å²) in [5.41, 5.74) is 6.03. The van der Waals surface area contributed by atoms with Crippen LogP contribution in [0.3, 0.4) is 0 Å². The van der Waals surface area contributed by atoms with Gasteiger partial charge in [-0.1, -0.05) is 43.6 Å².